The monoisotopic (exact) mass is 328 g/mol. The number of rotatable bonds is 3. The van der Waals surface area contributed by atoms with Crippen molar-refractivity contribution in [2.45, 2.75) is 46.1 Å². The van der Waals surface area contributed by atoms with Gasteiger partial charge in [-0.25, -0.2) is 0 Å². The van der Waals surface area contributed by atoms with Gasteiger partial charge in [0.1, 0.15) is 0 Å². The normalized spacial score (nSPS) is 14.6. The standard InChI is InChI=1S/C18H20N2O2S/c1-12-7-9-14(10-8-12)16(22)11-20-15-5-3-4-6-17(15)23-18(20)19-13(2)21/h7-10H,3-6,11H2,1-2H3/b19-18-. The first kappa shape index (κ1) is 15.9. The third-order valence-corrected chi connectivity index (χ3v) is 5.27. The Kier molecular flexibility index (Phi) is 4.57. The third-order valence-electron chi connectivity index (χ3n) is 4.09. The molecule has 3 rings (SSSR count). The molecule has 1 aliphatic rings. The highest BCUT2D eigenvalue weighted by atomic mass is 32.1. The van der Waals surface area contributed by atoms with Gasteiger partial charge in [-0.15, -0.1) is 11.3 Å². The molecule has 0 atom stereocenters. The molecule has 5 heteroatoms. The second-order valence-corrected chi connectivity index (χ2v) is 7.03. The highest BCUT2D eigenvalue weighted by Gasteiger charge is 2.19. The van der Waals surface area contributed by atoms with Crippen molar-refractivity contribution >= 4 is 23.0 Å². The third kappa shape index (κ3) is 3.50. The summed E-state index contributed by atoms with van der Waals surface area (Å²) in [5.41, 5.74) is 3.02. The number of nitrogens with zero attached hydrogens (tertiary/aromatic N) is 2. The van der Waals surface area contributed by atoms with E-state index in [1.807, 2.05) is 35.8 Å². The lowest BCUT2D eigenvalue weighted by Crippen LogP contribution is -2.24. The number of ketones is 1. The van der Waals surface area contributed by atoms with Crippen molar-refractivity contribution in [3.63, 3.8) is 0 Å². The van der Waals surface area contributed by atoms with Gasteiger partial charge in [-0.1, -0.05) is 29.8 Å². The summed E-state index contributed by atoms with van der Waals surface area (Å²) in [6, 6.07) is 7.61. The highest BCUT2D eigenvalue weighted by Crippen LogP contribution is 2.24. The number of carbonyl (C=O) groups is 2. The van der Waals surface area contributed by atoms with Gasteiger partial charge < -0.3 is 4.57 Å². The van der Waals surface area contributed by atoms with Gasteiger partial charge in [-0.2, -0.15) is 4.99 Å². The first-order chi connectivity index (χ1) is 11.0. The second-order valence-electron chi connectivity index (χ2n) is 5.97. The van der Waals surface area contributed by atoms with Crippen LogP contribution in [0.4, 0.5) is 0 Å². The van der Waals surface area contributed by atoms with Crippen LogP contribution in [-0.4, -0.2) is 16.3 Å². The lowest BCUT2D eigenvalue weighted by molar-refractivity contribution is -0.116. The van der Waals surface area contributed by atoms with Crippen LogP contribution >= 0.6 is 11.3 Å². The van der Waals surface area contributed by atoms with Crippen LogP contribution in [0.25, 0.3) is 0 Å². The minimum absolute atomic E-state index is 0.0566. The van der Waals surface area contributed by atoms with E-state index in [9.17, 15) is 9.59 Å². The smallest absolute Gasteiger partial charge is 0.245 e. The number of hydrogen-bond donors (Lipinski definition) is 0. The largest absolute Gasteiger partial charge is 0.313 e. The van der Waals surface area contributed by atoms with E-state index in [2.05, 4.69) is 4.99 Å². The molecule has 120 valence electrons. The maximum absolute atomic E-state index is 12.6. The fourth-order valence-electron chi connectivity index (χ4n) is 2.89. The number of hydrogen-bond acceptors (Lipinski definition) is 3. The van der Waals surface area contributed by atoms with Crippen LogP contribution in [0, 0.1) is 6.92 Å². The second kappa shape index (κ2) is 6.62. The Labute approximate surface area is 139 Å². The van der Waals surface area contributed by atoms with E-state index in [0.29, 0.717) is 10.4 Å². The van der Waals surface area contributed by atoms with Gasteiger partial charge >= 0.3 is 0 Å². The summed E-state index contributed by atoms with van der Waals surface area (Å²) in [6.07, 6.45) is 4.27. The summed E-state index contributed by atoms with van der Waals surface area (Å²) < 4.78 is 1.95. The van der Waals surface area contributed by atoms with E-state index >= 15 is 0 Å². The zero-order valence-corrected chi connectivity index (χ0v) is 14.3. The van der Waals surface area contributed by atoms with E-state index in [1.54, 1.807) is 11.3 Å². The van der Waals surface area contributed by atoms with Crippen LogP contribution in [0.5, 0.6) is 0 Å². The minimum Gasteiger partial charge on any atom is -0.313 e. The minimum atomic E-state index is -0.222. The molecule has 0 bridgehead atoms. The number of thiazole rings is 1. The SMILES string of the molecule is CC(=O)/N=c1\sc2c(n1CC(=O)c1ccc(C)cc1)CCCC2. The zero-order valence-electron chi connectivity index (χ0n) is 13.5. The van der Waals surface area contributed by atoms with Gasteiger partial charge in [-0.05, 0) is 32.6 Å². The molecular formula is C18H20N2O2S. The van der Waals surface area contributed by atoms with E-state index in [0.717, 1.165) is 24.8 Å². The molecule has 4 nitrogen and oxygen atoms in total. The lowest BCUT2D eigenvalue weighted by atomic mass is 10.0. The van der Waals surface area contributed by atoms with Gasteiger partial charge in [0, 0.05) is 23.1 Å². The molecule has 1 amide bonds. The van der Waals surface area contributed by atoms with E-state index in [-0.39, 0.29) is 18.2 Å². The Morgan fingerprint density at radius 1 is 1.17 bits per heavy atom. The molecule has 2 aromatic rings. The van der Waals surface area contributed by atoms with Crippen molar-refractivity contribution in [3.8, 4) is 0 Å². The Morgan fingerprint density at radius 3 is 2.57 bits per heavy atom. The molecule has 1 heterocycles. The number of aromatic nitrogens is 1. The number of amides is 1. The van der Waals surface area contributed by atoms with Gasteiger partial charge in [0.2, 0.25) is 5.91 Å². The first-order valence-corrected chi connectivity index (χ1v) is 8.73. The molecule has 0 spiro atoms. The number of Topliss-reactive ketones (excluding diaryl/α,β-unsaturated/α-hetero) is 1. The summed E-state index contributed by atoms with van der Waals surface area (Å²) in [5.74, 6) is -0.165. The van der Waals surface area contributed by atoms with Crippen molar-refractivity contribution in [1.82, 2.24) is 4.57 Å². The maximum atomic E-state index is 12.6. The Hall–Kier alpha value is -2.01. The average Bonchev–Trinajstić information content (AvgIpc) is 2.85. The maximum Gasteiger partial charge on any atom is 0.245 e. The fraction of sp³-hybridized carbons (Fsp3) is 0.389. The molecule has 1 aliphatic carbocycles. The Bertz CT molecular complexity index is 813. The van der Waals surface area contributed by atoms with Crippen molar-refractivity contribution in [2.75, 3.05) is 0 Å². The van der Waals surface area contributed by atoms with Crippen LogP contribution in [0.15, 0.2) is 29.3 Å². The molecule has 0 N–H and O–H groups in total. The summed E-state index contributed by atoms with van der Waals surface area (Å²) in [5, 5.41) is 0. The van der Waals surface area contributed by atoms with E-state index < -0.39 is 0 Å². The number of benzene rings is 1. The lowest BCUT2D eigenvalue weighted by Gasteiger charge is -2.14. The molecule has 1 aromatic heterocycles. The van der Waals surface area contributed by atoms with Gasteiger partial charge in [0.25, 0.3) is 0 Å². The molecule has 0 fully saturated rings. The number of fused-ring (bicyclic) bond motifs is 1. The quantitative estimate of drug-likeness (QED) is 0.813. The molecule has 0 saturated carbocycles. The van der Waals surface area contributed by atoms with Crippen molar-refractivity contribution in [3.05, 3.63) is 50.8 Å². The average molecular weight is 328 g/mol. The predicted octanol–water partition coefficient (Wildman–Crippen LogP) is 3.07. The van der Waals surface area contributed by atoms with Crippen LogP contribution in [-0.2, 0) is 24.2 Å². The Morgan fingerprint density at radius 2 is 1.87 bits per heavy atom. The highest BCUT2D eigenvalue weighted by molar-refractivity contribution is 7.09. The predicted molar refractivity (Wildman–Crippen MR) is 90.7 cm³/mol. The van der Waals surface area contributed by atoms with Gasteiger partial charge in [-0.3, -0.25) is 9.59 Å². The zero-order chi connectivity index (χ0) is 16.4. The van der Waals surface area contributed by atoms with Crippen LogP contribution in [0.2, 0.25) is 0 Å². The molecular weight excluding hydrogens is 308 g/mol. The summed E-state index contributed by atoms with van der Waals surface area (Å²) in [6.45, 7) is 3.70. The molecule has 1 aromatic carbocycles. The van der Waals surface area contributed by atoms with Crippen molar-refractivity contribution < 1.29 is 9.59 Å². The number of carbonyl (C=O) groups excluding carboxylic acids is 2. The van der Waals surface area contributed by atoms with E-state index in [4.69, 9.17) is 0 Å². The van der Waals surface area contributed by atoms with Crippen LogP contribution < -0.4 is 4.80 Å². The van der Waals surface area contributed by atoms with Gasteiger partial charge in [0.15, 0.2) is 10.6 Å². The topological polar surface area (TPSA) is 51.4 Å². The molecule has 23 heavy (non-hydrogen) atoms. The molecule has 0 radical (unpaired) electrons. The summed E-state index contributed by atoms with van der Waals surface area (Å²) in [4.78, 5) is 30.1. The summed E-state index contributed by atoms with van der Waals surface area (Å²) >= 11 is 1.55. The fourth-order valence-corrected chi connectivity index (χ4v) is 4.15. The molecule has 0 unspecified atom stereocenters. The Balaban J connectivity index is 1.98. The molecule has 0 saturated heterocycles. The van der Waals surface area contributed by atoms with Crippen LogP contribution in [0.1, 0.15) is 46.3 Å². The van der Waals surface area contributed by atoms with Crippen molar-refractivity contribution in [2.24, 2.45) is 4.99 Å². The first-order valence-electron chi connectivity index (χ1n) is 7.91. The van der Waals surface area contributed by atoms with Gasteiger partial charge in [0.05, 0.1) is 6.54 Å². The van der Waals surface area contributed by atoms with Crippen molar-refractivity contribution in [1.29, 1.82) is 0 Å². The molecule has 0 aliphatic heterocycles. The number of aryl methyl sites for hydroxylation is 2. The van der Waals surface area contributed by atoms with E-state index in [1.165, 1.54) is 23.9 Å². The van der Waals surface area contributed by atoms with Crippen LogP contribution in [0.3, 0.4) is 0 Å². The summed E-state index contributed by atoms with van der Waals surface area (Å²) in [7, 11) is 0.